The Hall–Kier alpha value is -3.41. The van der Waals surface area contributed by atoms with Crippen molar-refractivity contribution in [3.05, 3.63) is 72.6 Å². The summed E-state index contributed by atoms with van der Waals surface area (Å²) in [7, 11) is 0. The van der Waals surface area contributed by atoms with Gasteiger partial charge in [0.05, 0.1) is 0 Å². The Labute approximate surface area is 140 Å². The lowest BCUT2D eigenvalue weighted by Crippen LogP contribution is -2.22. The van der Waals surface area contributed by atoms with E-state index in [0.717, 1.165) is 17.1 Å². The maximum atomic E-state index is 5.91. The predicted molar refractivity (Wildman–Crippen MR) is 94.6 cm³/mol. The zero-order valence-electron chi connectivity index (χ0n) is 13.2. The maximum Gasteiger partial charge on any atom is 0.252 e. The Morgan fingerprint density at radius 1 is 1.04 bits per heavy atom. The van der Waals surface area contributed by atoms with Crippen LogP contribution in [0.4, 0.5) is 11.6 Å². The number of ether oxygens (including phenoxy) is 1. The molecule has 0 radical (unpaired) electrons. The molecule has 3 aromatic rings. The summed E-state index contributed by atoms with van der Waals surface area (Å²) in [4.78, 5) is 12.4. The number of nitrogens with two attached hydrogens (primary N) is 1. The third-order valence-electron chi connectivity index (χ3n) is 3.09. The molecule has 1 heterocycles. The van der Waals surface area contributed by atoms with Crippen molar-refractivity contribution in [3.63, 3.8) is 0 Å². The van der Waals surface area contributed by atoms with Crippen LogP contribution in [0.15, 0.2) is 71.9 Å². The quantitative estimate of drug-likeness (QED) is 0.566. The summed E-state index contributed by atoms with van der Waals surface area (Å²) in [6.45, 7) is 1.87. The van der Waals surface area contributed by atoms with Crippen LogP contribution in [0.2, 0.25) is 0 Å². The minimum atomic E-state index is 0.206. The molecule has 1 aromatic heterocycles. The van der Waals surface area contributed by atoms with Crippen molar-refractivity contribution in [2.75, 3.05) is 5.32 Å². The van der Waals surface area contributed by atoms with Crippen LogP contribution in [0, 0.1) is 6.92 Å². The summed E-state index contributed by atoms with van der Waals surface area (Å²) in [5, 5.41) is 3.00. The third-order valence-corrected chi connectivity index (χ3v) is 3.09. The summed E-state index contributed by atoms with van der Waals surface area (Å²) < 4.78 is 5.79. The van der Waals surface area contributed by atoms with E-state index in [1.54, 1.807) is 12.3 Å². The number of hydrogen-bond acceptors (Lipinski definition) is 4. The van der Waals surface area contributed by atoms with E-state index in [-0.39, 0.29) is 5.96 Å². The van der Waals surface area contributed by atoms with E-state index < -0.39 is 0 Å². The number of rotatable bonds is 4. The fourth-order valence-electron chi connectivity index (χ4n) is 2.04. The first-order valence-corrected chi connectivity index (χ1v) is 7.43. The first kappa shape index (κ1) is 15.5. The van der Waals surface area contributed by atoms with Crippen molar-refractivity contribution in [1.29, 1.82) is 0 Å². The zero-order chi connectivity index (χ0) is 16.8. The number of anilines is 1. The van der Waals surface area contributed by atoms with Crippen LogP contribution < -0.4 is 15.8 Å². The minimum absolute atomic E-state index is 0.206. The van der Waals surface area contributed by atoms with E-state index >= 15 is 0 Å². The second kappa shape index (κ2) is 7.23. The molecule has 120 valence electrons. The number of nitrogens with zero attached hydrogens (tertiary/aromatic N) is 3. The molecule has 0 saturated carbocycles. The summed E-state index contributed by atoms with van der Waals surface area (Å²) in [5.41, 5.74) is 7.50. The van der Waals surface area contributed by atoms with Crippen molar-refractivity contribution in [2.24, 2.45) is 10.7 Å². The van der Waals surface area contributed by atoms with Gasteiger partial charge in [-0.25, -0.2) is 9.97 Å². The maximum absolute atomic E-state index is 5.91. The fraction of sp³-hybridized carbons (Fsp3) is 0.0556. The summed E-state index contributed by atoms with van der Waals surface area (Å²) in [6.07, 6.45) is 1.64. The number of aliphatic imine (C=N–C) groups is 1. The van der Waals surface area contributed by atoms with Gasteiger partial charge < -0.3 is 15.8 Å². The van der Waals surface area contributed by atoms with E-state index in [0.29, 0.717) is 11.7 Å². The number of hydrogen-bond donors (Lipinski definition) is 2. The highest BCUT2D eigenvalue weighted by atomic mass is 16.5. The van der Waals surface area contributed by atoms with Crippen LogP contribution in [0.3, 0.4) is 0 Å². The summed E-state index contributed by atoms with van der Waals surface area (Å²) >= 11 is 0. The molecule has 6 nitrogen and oxygen atoms in total. The molecule has 0 saturated heterocycles. The van der Waals surface area contributed by atoms with Gasteiger partial charge in [0.1, 0.15) is 11.5 Å². The Kier molecular flexibility index (Phi) is 4.67. The van der Waals surface area contributed by atoms with Crippen molar-refractivity contribution in [3.8, 4) is 11.5 Å². The van der Waals surface area contributed by atoms with E-state index in [2.05, 4.69) is 20.3 Å². The molecule has 0 aliphatic rings. The summed E-state index contributed by atoms with van der Waals surface area (Å²) in [6, 6.07) is 18.8. The predicted octanol–water partition coefficient (Wildman–Crippen LogP) is 3.64. The molecule has 0 fully saturated rings. The molecular weight excluding hydrogens is 302 g/mol. The molecule has 0 bridgehead atoms. The van der Waals surface area contributed by atoms with E-state index in [1.807, 2.05) is 61.5 Å². The van der Waals surface area contributed by atoms with Gasteiger partial charge in [-0.1, -0.05) is 24.3 Å². The molecule has 0 unspecified atom stereocenters. The van der Waals surface area contributed by atoms with Crippen LogP contribution in [0.25, 0.3) is 0 Å². The Morgan fingerprint density at radius 2 is 1.83 bits per heavy atom. The molecule has 0 atom stereocenters. The first-order chi connectivity index (χ1) is 11.7. The van der Waals surface area contributed by atoms with Crippen LogP contribution >= 0.6 is 0 Å². The standard InChI is InChI=1S/C18H17N5O/c1-13-10-11-20-18(21-13)23-17(19)22-14-6-5-9-16(12-14)24-15-7-3-2-4-8-15/h2-12H,1H3,(H3,19,20,21,22,23). The number of guanidine groups is 1. The molecule has 0 amide bonds. The Balaban J connectivity index is 1.72. The number of para-hydroxylation sites is 1. The van der Waals surface area contributed by atoms with Gasteiger partial charge in [-0.2, -0.15) is 4.99 Å². The lowest BCUT2D eigenvalue weighted by Gasteiger charge is -2.09. The SMILES string of the molecule is Cc1ccnc(/N=C(\N)Nc2cccc(Oc3ccccc3)c2)n1. The van der Waals surface area contributed by atoms with Crippen molar-refractivity contribution < 1.29 is 4.74 Å². The van der Waals surface area contributed by atoms with Crippen molar-refractivity contribution >= 4 is 17.6 Å². The lowest BCUT2D eigenvalue weighted by atomic mass is 10.3. The second-order valence-electron chi connectivity index (χ2n) is 5.06. The molecule has 24 heavy (non-hydrogen) atoms. The molecule has 0 aliphatic heterocycles. The number of nitrogens with one attached hydrogen (secondary N) is 1. The number of benzene rings is 2. The largest absolute Gasteiger partial charge is 0.457 e. The molecule has 6 heteroatoms. The number of aryl methyl sites for hydroxylation is 1. The summed E-state index contributed by atoms with van der Waals surface area (Å²) in [5.74, 6) is 1.99. The highest BCUT2D eigenvalue weighted by Gasteiger charge is 2.01. The Morgan fingerprint density at radius 3 is 2.62 bits per heavy atom. The topological polar surface area (TPSA) is 85.4 Å². The highest BCUT2D eigenvalue weighted by molar-refractivity contribution is 5.93. The van der Waals surface area contributed by atoms with Gasteiger partial charge >= 0.3 is 0 Å². The van der Waals surface area contributed by atoms with E-state index in [4.69, 9.17) is 10.5 Å². The third kappa shape index (κ3) is 4.30. The molecule has 2 aromatic carbocycles. The Bertz CT molecular complexity index is 849. The highest BCUT2D eigenvalue weighted by Crippen LogP contribution is 2.23. The molecule has 3 N–H and O–H groups in total. The first-order valence-electron chi connectivity index (χ1n) is 7.43. The van der Waals surface area contributed by atoms with Crippen LogP contribution in [-0.4, -0.2) is 15.9 Å². The van der Waals surface area contributed by atoms with Crippen LogP contribution in [0.1, 0.15) is 5.69 Å². The van der Waals surface area contributed by atoms with E-state index in [9.17, 15) is 0 Å². The monoisotopic (exact) mass is 319 g/mol. The smallest absolute Gasteiger partial charge is 0.252 e. The van der Waals surface area contributed by atoms with Crippen LogP contribution in [0.5, 0.6) is 11.5 Å². The van der Waals surface area contributed by atoms with E-state index in [1.165, 1.54) is 0 Å². The van der Waals surface area contributed by atoms with Gasteiger partial charge in [-0.05, 0) is 37.3 Å². The lowest BCUT2D eigenvalue weighted by molar-refractivity contribution is 0.483. The van der Waals surface area contributed by atoms with Gasteiger partial charge in [-0.15, -0.1) is 0 Å². The van der Waals surface area contributed by atoms with Crippen molar-refractivity contribution in [2.45, 2.75) is 6.92 Å². The normalized spacial score (nSPS) is 11.1. The van der Waals surface area contributed by atoms with Crippen LogP contribution in [-0.2, 0) is 0 Å². The second-order valence-corrected chi connectivity index (χ2v) is 5.06. The van der Waals surface area contributed by atoms with Gasteiger partial charge in [0, 0.05) is 23.6 Å². The average Bonchev–Trinajstić information content (AvgIpc) is 2.56. The fourth-order valence-corrected chi connectivity index (χ4v) is 2.04. The van der Waals surface area contributed by atoms with Gasteiger partial charge in [0.25, 0.3) is 5.95 Å². The average molecular weight is 319 g/mol. The number of aromatic nitrogens is 2. The zero-order valence-corrected chi connectivity index (χ0v) is 13.2. The molecule has 3 rings (SSSR count). The molecule has 0 spiro atoms. The molecular formula is C18H17N5O. The van der Waals surface area contributed by atoms with Gasteiger partial charge in [0.15, 0.2) is 0 Å². The van der Waals surface area contributed by atoms with Gasteiger partial charge in [-0.3, -0.25) is 0 Å². The minimum Gasteiger partial charge on any atom is -0.457 e. The van der Waals surface area contributed by atoms with Gasteiger partial charge in [0.2, 0.25) is 5.96 Å². The molecule has 0 aliphatic carbocycles. The van der Waals surface area contributed by atoms with Crippen molar-refractivity contribution in [1.82, 2.24) is 9.97 Å².